The van der Waals surface area contributed by atoms with Gasteiger partial charge in [0.2, 0.25) is 5.67 Å². The van der Waals surface area contributed by atoms with E-state index in [1.54, 1.807) is 0 Å². The number of alkyl halides is 9. The van der Waals surface area contributed by atoms with E-state index in [1.165, 1.54) is 0 Å². The molecule has 1 fully saturated rings. The largest absolute Gasteiger partial charge is 0.432 e. The Bertz CT molecular complexity index is 357. The lowest BCUT2D eigenvalue weighted by Gasteiger charge is -2.52. The van der Waals surface area contributed by atoms with Gasteiger partial charge in [-0.3, -0.25) is 0 Å². The Morgan fingerprint density at radius 3 is 1.74 bits per heavy atom. The van der Waals surface area contributed by atoms with E-state index in [4.69, 9.17) is 0 Å². The summed E-state index contributed by atoms with van der Waals surface area (Å²) < 4.78 is 119. The van der Waals surface area contributed by atoms with Crippen LogP contribution in [0.5, 0.6) is 0 Å². The fraction of sp³-hybridized carbons (Fsp3) is 1.00. The van der Waals surface area contributed by atoms with Gasteiger partial charge in [0.05, 0.1) is 0 Å². The first kappa shape index (κ1) is 16.4. The van der Waals surface area contributed by atoms with Gasteiger partial charge in [0.1, 0.15) is 0 Å². The molecule has 0 nitrogen and oxygen atoms in total. The van der Waals surface area contributed by atoms with E-state index in [1.807, 2.05) is 0 Å². The standard InChI is InChI=1S/C10H11F9/c1-3-5-4-7(12,13)9(16,10(17,18)19)6(2,11)8(5,14)15/h5H,3-4H2,1-2H3. The van der Waals surface area contributed by atoms with E-state index in [9.17, 15) is 39.5 Å². The van der Waals surface area contributed by atoms with E-state index >= 15 is 0 Å². The van der Waals surface area contributed by atoms with Crippen LogP contribution in [-0.2, 0) is 0 Å². The first-order valence-electron chi connectivity index (χ1n) is 5.37. The second-order valence-corrected chi connectivity index (χ2v) is 4.80. The molecule has 1 rings (SSSR count). The molecule has 0 N–H and O–H groups in total. The van der Waals surface area contributed by atoms with Crippen LogP contribution in [0.25, 0.3) is 0 Å². The highest BCUT2D eigenvalue weighted by Gasteiger charge is 2.88. The van der Waals surface area contributed by atoms with Crippen LogP contribution in [0.15, 0.2) is 0 Å². The van der Waals surface area contributed by atoms with Crippen molar-refractivity contribution in [3.8, 4) is 0 Å². The van der Waals surface area contributed by atoms with Crippen LogP contribution in [0.3, 0.4) is 0 Å². The van der Waals surface area contributed by atoms with Crippen molar-refractivity contribution in [1.29, 1.82) is 0 Å². The van der Waals surface area contributed by atoms with Crippen LogP contribution in [-0.4, -0.2) is 29.4 Å². The Kier molecular flexibility index (Phi) is 3.41. The van der Waals surface area contributed by atoms with Gasteiger partial charge in [-0.2, -0.15) is 13.2 Å². The number of halogens is 9. The van der Waals surface area contributed by atoms with E-state index in [-0.39, 0.29) is 0 Å². The fourth-order valence-electron chi connectivity index (χ4n) is 2.41. The van der Waals surface area contributed by atoms with Crippen molar-refractivity contribution in [3.63, 3.8) is 0 Å². The predicted molar refractivity (Wildman–Crippen MR) is 47.7 cm³/mol. The molecule has 3 unspecified atom stereocenters. The molecule has 9 heteroatoms. The minimum absolute atomic E-state index is 0.462. The summed E-state index contributed by atoms with van der Waals surface area (Å²) >= 11 is 0. The monoisotopic (exact) mass is 302 g/mol. The van der Waals surface area contributed by atoms with Crippen molar-refractivity contribution in [1.82, 2.24) is 0 Å². The highest BCUT2D eigenvalue weighted by molar-refractivity contribution is 5.21. The van der Waals surface area contributed by atoms with Gasteiger partial charge in [0.25, 0.3) is 11.8 Å². The third-order valence-corrected chi connectivity index (χ3v) is 3.68. The Balaban J connectivity index is 3.55. The smallest absolute Gasteiger partial charge is 0.233 e. The maximum atomic E-state index is 13.8. The van der Waals surface area contributed by atoms with E-state index in [2.05, 4.69) is 0 Å². The molecule has 0 heterocycles. The van der Waals surface area contributed by atoms with Gasteiger partial charge in [0.15, 0.2) is 0 Å². The summed E-state index contributed by atoms with van der Waals surface area (Å²) in [6.45, 7) is 0.528. The normalized spacial score (nSPS) is 42.2. The molecule has 0 radical (unpaired) electrons. The Hall–Kier alpha value is -0.630. The van der Waals surface area contributed by atoms with Crippen LogP contribution >= 0.6 is 0 Å². The lowest BCUT2D eigenvalue weighted by molar-refractivity contribution is -0.399. The highest BCUT2D eigenvalue weighted by Crippen LogP contribution is 2.65. The van der Waals surface area contributed by atoms with E-state index < -0.39 is 55.0 Å². The van der Waals surface area contributed by atoms with Gasteiger partial charge in [-0.05, 0) is 13.3 Å². The molecule has 114 valence electrons. The lowest BCUT2D eigenvalue weighted by Crippen LogP contribution is -2.76. The van der Waals surface area contributed by atoms with Crippen molar-refractivity contribution in [2.24, 2.45) is 5.92 Å². The maximum absolute atomic E-state index is 13.8. The topological polar surface area (TPSA) is 0 Å². The van der Waals surface area contributed by atoms with Crippen molar-refractivity contribution < 1.29 is 39.5 Å². The highest BCUT2D eigenvalue weighted by atomic mass is 19.4. The summed E-state index contributed by atoms with van der Waals surface area (Å²) in [5.41, 5.74) is -11.0. The number of hydrogen-bond donors (Lipinski definition) is 0. The van der Waals surface area contributed by atoms with Crippen LogP contribution in [0.2, 0.25) is 0 Å². The van der Waals surface area contributed by atoms with Gasteiger partial charge in [-0.15, -0.1) is 0 Å². The lowest BCUT2D eigenvalue weighted by atomic mass is 9.64. The zero-order valence-electron chi connectivity index (χ0n) is 9.89. The van der Waals surface area contributed by atoms with Crippen molar-refractivity contribution in [2.45, 2.75) is 56.0 Å². The average Bonchev–Trinajstić information content (AvgIpc) is 2.20. The second kappa shape index (κ2) is 3.94. The first-order valence-corrected chi connectivity index (χ1v) is 5.37. The summed E-state index contributed by atoms with van der Waals surface area (Å²) in [4.78, 5) is 0. The van der Waals surface area contributed by atoms with Crippen molar-refractivity contribution in [3.05, 3.63) is 0 Å². The van der Waals surface area contributed by atoms with Gasteiger partial charge in [0, 0.05) is 12.3 Å². The Labute approximate surface area is 103 Å². The summed E-state index contributed by atoms with van der Waals surface area (Å²) in [5, 5.41) is 0. The number of rotatable bonds is 1. The Morgan fingerprint density at radius 1 is 1.00 bits per heavy atom. The number of hydrogen-bond acceptors (Lipinski definition) is 0. The van der Waals surface area contributed by atoms with E-state index in [0.717, 1.165) is 6.92 Å². The molecule has 3 atom stereocenters. The SMILES string of the molecule is CCC1CC(F)(F)C(F)(C(F)(F)F)C(C)(F)C1(F)F. The fourth-order valence-corrected chi connectivity index (χ4v) is 2.41. The van der Waals surface area contributed by atoms with Crippen LogP contribution in [0.1, 0.15) is 26.7 Å². The zero-order valence-corrected chi connectivity index (χ0v) is 9.89. The van der Waals surface area contributed by atoms with Gasteiger partial charge in [-0.25, -0.2) is 26.3 Å². The maximum Gasteiger partial charge on any atom is 0.432 e. The van der Waals surface area contributed by atoms with Crippen LogP contribution in [0.4, 0.5) is 39.5 Å². The zero-order chi connectivity index (χ0) is 15.5. The van der Waals surface area contributed by atoms with Crippen LogP contribution < -0.4 is 0 Å². The molecule has 1 aliphatic carbocycles. The molecule has 1 aliphatic rings. The van der Waals surface area contributed by atoms with E-state index in [0.29, 0.717) is 0 Å². The quantitative estimate of drug-likeness (QED) is 0.617. The summed E-state index contributed by atoms with van der Waals surface area (Å²) in [7, 11) is 0. The predicted octanol–water partition coefficient (Wildman–Crippen LogP) is 4.69. The molecular formula is C10H11F9. The summed E-state index contributed by atoms with van der Waals surface area (Å²) in [6.07, 6.45) is -9.22. The minimum atomic E-state index is -6.46. The molecule has 0 bridgehead atoms. The molecule has 1 saturated carbocycles. The molecule has 0 spiro atoms. The molecule has 0 aliphatic heterocycles. The molecule has 0 amide bonds. The third kappa shape index (κ3) is 1.75. The van der Waals surface area contributed by atoms with Crippen molar-refractivity contribution in [2.75, 3.05) is 0 Å². The van der Waals surface area contributed by atoms with Gasteiger partial charge < -0.3 is 0 Å². The van der Waals surface area contributed by atoms with Gasteiger partial charge >= 0.3 is 11.8 Å². The molecule has 0 aromatic heterocycles. The first-order chi connectivity index (χ1) is 8.17. The summed E-state index contributed by atoms with van der Waals surface area (Å²) in [6, 6.07) is 0. The molecule has 0 aromatic carbocycles. The molecule has 0 saturated heterocycles. The molecule has 0 aromatic rings. The second-order valence-electron chi connectivity index (χ2n) is 4.80. The summed E-state index contributed by atoms with van der Waals surface area (Å²) in [5.74, 6) is -12.5. The molecular weight excluding hydrogens is 291 g/mol. The Morgan fingerprint density at radius 2 is 1.42 bits per heavy atom. The van der Waals surface area contributed by atoms with Crippen LogP contribution in [0, 0.1) is 5.92 Å². The average molecular weight is 302 g/mol. The van der Waals surface area contributed by atoms with Gasteiger partial charge in [-0.1, -0.05) is 6.92 Å². The minimum Gasteiger partial charge on any atom is -0.233 e. The third-order valence-electron chi connectivity index (χ3n) is 3.68. The van der Waals surface area contributed by atoms with Crippen molar-refractivity contribution >= 4 is 0 Å². The molecule has 19 heavy (non-hydrogen) atoms.